The Kier molecular flexibility index (Phi) is 3.72. The van der Waals surface area contributed by atoms with E-state index in [1.807, 2.05) is 0 Å². The average molecular weight is 158 g/mol. The lowest BCUT2D eigenvalue weighted by Gasteiger charge is -2.10. The molecule has 1 atom stereocenters. The third-order valence-corrected chi connectivity index (χ3v) is 0.824. The Bertz CT molecular complexity index is 179. The quantitative estimate of drug-likeness (QED) is 0.438. The lowest BCUT2D eigenvalue weighted by molar-refractivity contribution is -0.118. The van der Waals surface area contributed by atoms with Crippen molar-refractivity contribution in [1.29, 1.82) is 0 Å². The topological polar surface area (TPSA) is 81.4 Å². The van der Waals surface area contributed by atoms with Gasteiger partial charge in [0, 0.05) is 0 Å². The Labute approximate surface area is 64.2 Å². The number of hydrogen-bond acceptors (Lipinski definition) is 3. The molecule has 0 spiro atoms. The van der Waals surface area contributed by atoms with Crippen molar-refractivity contribution >= 4 is 12.0 Å². The van der Waals surface area contributed by atoms with Gasteiger partial charge in [-0.25, -0.2) is 4.79 Å². The molecule has 0 rings (SSSR count). The third kappa shape index (κ3) is 4.95. The van der Waals surface area contributed by atoms with E-state index in [1.54, 1.807) is 0 Å². The fourth-order valence-electron chi connectivity index (χ4n) is 0.463. The van der Waals surface area contributed by atoms with E-state index in [9.17, 15) is 9.59 Å². The Balaban J connectivity index is 3.68. The highest BCUT2D eigenvalue weighted by Gasteiger charge is 2.05. The highest BCUT2D eigenvalue weighted by atomic mass is 16.6. The zero-order chi connectivity index (χ0) is 8.85. The van der Waals surface area contributed by atoms with Gasteiger partial charge in [-0.2, -0.15) is 0 Å². The van der Waals surface area contributed by atoms with Crippen LogP contribution in [0.1, 0.15) is 6.92 Å². The fourth-order valence-corrected chi connectivity index (χ4v) is 0.463. The molecule has 1 unspecified atom stereocenters. The lowest BCUT2D eigenvalue weighted by Crippen LogP contribution is -2.36. The van der Waals surface area contributed by atoms with Gasteiger partial charge < -0.3 is 15.8 Å². The maximum absolute atomic E-state index is 10.5. The summed E-state index contributed by atoms with van der Waals surface area (Å²) in [6.45, 7) is 4.69. The van der Waals surface area contributed by atoms with Crippen LogP contribution in [0.2, 0.25) is 0 Å². The van der Waals surface area contributed by atoms with Gasteiger partial charge in [-0.05, 0) is 13.0 Å². The Morgan fingerprint density at radius 2 is 2.27 bits per heavy atom. The predicted molar refractivity (Wildman–Crippen MR) is 38.5 cm³/mol. The lowest BCUT2D eigenvalue weighted by atomic mass is 10.5. The van der Waals surface area contributed by atoms with Crippen molar-refractivity contribution in [3.8, 4) is 0 Å². The van der Waals surface area contributed by atoms with Crippen LogP contribution >= 0.6 is 0 Å². The molecule has 0 fully saturated rings. The van der Waals surface area contributed by atoms with Gasteiger partial charge in [0.2, 0.25) is 5.91 Å². The number of nitrogens with one attached hydrogen (secondary N) is 1. The summed E-state index contributed by atoms with van der Waals surface area (Å²) in [7, 11) is 0. The van der Waals surface area contributed by atoms with Crippen molar-refractivity contribution in [1.82, 2.24) is 5.32 Å². The monoisotopic (exact) mass is 158 g/mol. The molecule has 0 saturated carbocycles. The van der Waals surface area contributed by atoms with Crippen LogP contribution in [0.15, 0.2) is 12.7 Å². The second-order valence-corrected chi connectivity index (χ2v) is 1.79. The van der Waals surface area contributed by atoms with Gasteiger partial charge in [0.25, 0.3) is 0 Å². The fraction of sp³-hybridized carbons (Fsp3) is 0.333. The summed E-state index contributed by atoms with van der Waals surface area (Å²) in [6.07, 6.45) is -0.583. The van der Waals surface area contributed by atoms with E-state index in [1.165, 1.54) is 6.92 Å². The molecule has 5 nitrogen and oxygen atoms in total. The highest BCUT2D eigenvalue weighted by molar-refractivity contribution is 5.87. The van der Waals surface area contributed by atoms with Crippen LogP contribution in [0.25, 0.3) is 0 Å². The van der Waals surface area contributed by atoms with Crippen LogP contribution < -0.4 is 11.1 Å². The molecule has 0 heterocycles. The molecule has 2 amide bonds. The molecule has 0 aliphatic rings. The number of hydrogen-bond donors (Lipinski definition) is 2. The van der Waals surface area contributed by atoms with Crippen LogP contribution in [0, 0.1) is 0 Å². The first-order valence-corrected chi connectivity index (χ1v) is 2.95. The zero-order valence-corrected chi connectivity index (χ0v) is 6.16. The van der Waals surface area contributed by atoms with Gasteiger partial charge in [-0.1, -0.05) is 6.58 Å². The zero-order valence-electron chi connectivity index (χ0n) is 6.16. The standard InChI is InChI=1S/C6H10N2O3/c1-3-5(9)8-4(2)11-6(7)10/h3-4H,1H2,2H3,(H2,7,10)(H,8,9). The summed E-state index contributed by atoms with van der Waals surface area (Å²) in [5, 5.41) is 2.28. The number of nitrogens with two attached hydrogens (primary N) is 1. The Morgan fingerprint density at radius 3 is 2.64 bits per heavy atom. The number of carbonyl (C=O) groups is 2. The molecule has 0 aliphatic carbocycles. The first-order chi connectivity index (χ1) is 5.06. The molecule has 5 heteroatoms. The maximum Gasteiger partial charge on any atom is 0.406 e. The van der Waals surface area contributed by atoms with Crippen molar-refractivity contribution in [2.24, 2.45) is 5.73 Å². The van der Waals surface area contributed by atoms with Crippen molar-refractivity contribution < 1.29 is 14.3 Å². The molecular weight excluding hydrogens is 148 g/mol. The first kappa shape index (κ1) is 9.48. The molecule has 0 aliphatic heterocycles. The largest absolute Gasteiger partial charge is 0.426 e. The van der Waals surface area contributed by atoms with Gasteiger partial charge in [-0.15, -0.1) is 0 Å². The van der Waals surface area contributed by atoms with Gasteiger partial charge in [0.05, 0.1) is 0 Å². The van der Waals surface area contributed by atoms with Crippen LogP contribution in [-0.4, -0.2) is 18.2 Å². The molecule has 3 N–H and O–H groups in total. The Morgan fingerprint density at radius 1 is 1.73 bits per heavy atom. The summed E-state index contributed by atoms with van der Waals surface area (Å²) >= 11 is 0. The van der Waals surface area contributed by atoms with Gasteiger partial charge >= 0.3 is 6.09 Å². The summed E-state index contributed by atoms with van der Waals surface area (Å²) in [5.41, 5.74) is 4.67. The minimum atomic E-state index is -0.929. The number of primary amides is 1. The molecule has 0 bridgehead atoms. The van der Waals surface area contributed by atoms with Crippen molar-refractivity contribution in [3.05, 3.63) is 12.7 Å². The summed E-state index contributed by atoms with van der Waals surface area (Å²) in [6, 6.07) is 0. The number of amides is 2. The van der Waals surface area contributed by atoms with E-state index in [2.05, 4.69) is 22.4 Å². The molecule has 0 aromatic heterocycles. The van der Waals surface area contributed by atoms with Crippen LogP contribution in [0.4, 0.5) is 4.79 Å². The van der Waals surface area contributed by atoms with E-state index in [4.69, 9.17) is 0 Å². The molecular formula is C6H10N2O3. The maximum atomic E-state index is 10.5. The summed E-state index contributed by atoms with van der Waals surface area (Å²) < 4.78 is 4.38. The summed E-state index contributed by atoms with van der Waals surface area (Å²) in [4.78, 5) is 20.6. The molecule has 0 radical (unpaired) electrons. The van der Waals surface area contributed by atoms with E-state index < -0.39 is 18.2 Å². The average Bonchev–Trinajstić information content (AvgIpc) is 1.85. The minimum Gasteiger partial charge on any atom is -0.426 e. The smallest absolute Gasteiger partial charge is 0.406 e. The van der Waals surface area contributed by atoms with E-state index in [-0.39, 0.29) is 0 Å². The molecule has 0 saturated heterocycles. The molecule has 11 heavy (non-hydrogen) atoms. The normalized spacial score (nSPS) is 11.4. The van der Waals surface area contributed by atoms with Crippen LogP contribution in [0.3, 0.4) is 0 Å². The predicted octanol–water partition coefficient (Wildman–Crippen LogP) is -0.270. The number of ether oxygens (including phenoxy) is 1. The highest BCUT2D eigenvalue weighted by Crippen LogP contribution is 1.84. The second-order valence-electron chi connectivity index (χ2n) is 1.79. The van der Waals surface area contributed by atoms with Crippen molar-refractivity contribution in [2.45, 2.75) is 13.2 Å². The summed E-state index contributed by atoms with van der Waals surface area (Å²) in [5.74, 6) is -0.418. The van der Waals surface area contributed by atoms with Crippen LogP contribution in [-0.2, 0) is 9.53 Å². The van der Waals surface area contributed by atoms with Crippen molar-refractivity contribution in [3.63, 3.8) is 0 Å². The van der Waals surface area contributed by atoms with E-state index in [0.717, 1.165) is 6.08 Å². The van der Waals surface area contributed by atoms with E-state index >= 15 is 0 Å². The van der Waals surface area contributed by atoms with Gasteiger partial charge in [-0.3, -0.25) is 4.79 Å². The minimum absolute atomic E-state index is 0.418. The van der Waals surface area contributed by atoms with Gasteiger partial charge in [0.15, 0.2) is 6.23 Å². The second kappa shape index (κ2) is 4.32. The number of rotatable bonds is 3. The van der Waals surface area contributed by atoms with Crippen LogP contribution in [0.5, 0.6) is 0 Å². The SMILES string of the molecule is C=CC(=O)NC(C)OC(N)=O. The third-order valence-electron chi connectivity index (χ3n) is 0.824. The molecule has 0 aromatic carbocycles. The first-order valence-electron chi connectivity index (χ1n) is 2.95. The van der Waals surface area contributed by atoms with Gasteiger partial charge in [0.1, 0.15) is 0 Å². The number of carbonyl (C=O) groups excluding carboxylic acids is 2. The molecule has 62 valence electrons. The molecule has 0 aromatic rings. The Hall–Kier alpha value is -1.52. The van der Waals surface area contributed by atoms with E-state index in [0.29, 0.717) is 0 Å². The van der Waals surface area contributed by atoms with Crippen molar-refractivity contribution in [2.75, 3.05) is 0 Å².